The van der Waals surface area contributed by atoms with E-state index in [9.17, 15) is 9.59 Å². The summed E-state index contributed by atoms with van der Waals surface area (Å²) in [5.41, 5.74) is -0.155. The van der Waals surface area contributed by atoms with Gasteiger partial charge < -0.3 is 10.4 Å². The number of carbonyl (C=O) groups excluding carboxylic acids is 1. The minimum atomic E-state index is -0.685. The summed E-state index contributed by atoms with van der Waals surface area (Å²) in [5, 5.41) is 12.4. The van der Waals surface area contributed by atoms with Crippen molar-refractivity contribution in [2.45, 2.75) is 90.5 Å². The molecule has 0 saturated heterocycles. The van der Waals surface area contributed by atoms with Crippen molar-refractivity contribution in [2.75, 3.05) is 0 Å². The quantitative estimate of drug-likeness (QED) is 0.740. The Balaban J connectivity index is 1.90. The molecule has 2 aliphatic carbocycles. The fourth-order valence-corrected chi connectivity index (χ4v) is 4.66. The summed E-state index contributed by atoms with van der Waals surface area (Å²) >= 11 is 0. The first-order valence-electron chi connectivity index (χ1n) is 9.50. The number of nitrogens with one attached hydrogen (secondary N) is 1. The van der Waals surface area contributed by atoms with Crippen molar-refractivity contribution in [1.29, 1.82) is 0 Å². The smallest absolute Gasteiger partial charge is 0.306 e. The molecule has 4 heteroatoms. The summed E-state index contributed by atoms with van der Waals surface area (Å²) < 4.78 is 0. The van der Waals surface area contributed by atoms with Crippen LogP contribution in [0.4, 0.5) is 0 Å². The Labute approximate surface area is 140 Å². The minimum Gasteiger partial charge on any atom is -0.481 e. The first-order valence-corrected chi connectivity index (χ1v) is 9.50. The lowest BCUT2D eigenvalue weighted by molar-refractivity contribution is -0.143. The van der Waals surface area contributed by atoms with E-state index < -0.39 is 5.97 Å². The van der Waals surface area contributed by atoms with E-state index in [2.05, 4.69) is 19.2 Å². The normalized spacial score (nSPS) is 28.3. The molecule has 0 aromatic heterocycles. The first kappa shape index (κ1) is 18.3. The van der Waals surface area contributed by atoms with Gasteiger partial charge in [-0.2, -0.15) is 0 Å². The van der Waals surface area contributed by atoms with Crippen molar-refractivity contribution in [1.82, 2.24) is 5.32 Å². The maximum absolute atomic E-state index is 13.0. The number of amides is 1. The molecule has 2 rings (SSSR count). The Kier molecular flexibility index (Phi) is 6.49. The molecule has 0 aliphatic heterocycles. The van der Waals surface area contributed by atoms with Gasteiger partial charge in [0.05, 0.1) is 5.92 Å². The van der Waals surface area contributed by atoms with E-state index >= 15 is 0 Å². The van der Waals surface area contributed by atoms with Crippen LogP contribution >= 0.6 is 0 Å². The van der Waals surface area contributed by atoms with Gasteiger partial charge in [0.2, 0.25) is 5.91 Å². The van der Waals surface area contributed by atoms with Crippen molar-refractivity contribution in [3.05, 3.63) is 0 Å². The topological polar surface area (TPSA) is 66.4 Å². The summed E-state index contributed by atoms with van der Waals surface area (Å²) in [5.74, 6) is -0.0491. The van der Waals surface area contributed by atoms with Gasteiger partial charge in [0.15, 0.2) is 0 Å². The van der Waals surface area contributed by atoms with Crippen molar-refractivity contribution in [3.63, 3.8) is 0 Å². The van der Waals surface area contributed by atoms with Crippen molar-refractivity contribution in [3.8, 4) is 0 Å². The monoisotopic (exact) mass is 323 g/mol. The lowest BCUT2D eigenvalue weighted by atomic mass is 9.75. The van der Waals surface area contributed by atoms with Crippen LogP contribution in [0, 0.1) is 17.3 Å². The maximum Gasteiger partial charge on any atom is 0.306 e. The number of carboxylic acids is 1. The number of carboxylic acid groups (broad SMARTS) is 1. The standard InChI is InChI=1S/C19H33NO3/c1-3-6-14(2)13-19(11-4-5-12-19)18(23)20-16-9-7-15(8-10-16)17(21)22/h14-16H,3-13H2,1-2H3,(H,20,23)(H,21,22). The van der Waals surface area contributed by atoms with Crippen LogP contribution in [0.1, 0.15) is 84.5 Å². The molecular weight excluding hydrogens is 290 g/mol. The molecule has 0 heterocycles. The summed E-state index contributed by atoms with van der Waals surface area (Å²) in [7, 11) is 0. The van der Waals surface area contributed by atoms with E-state index in [1.54, 1.807) is 0 Å². The van der Waals surface area contributed by atoms with Crippen LogP contribution in [0.3, 0.4) is 0 Å². The zero-order valence-corrected chi connectivity index (χ0v) is 14.8. The molecule has 4 nitrogen and oxygen atoms in total. The second-order valence-corrected chi connectivity index (χ2v) is 7.95. The van der Waals surface area contributed by atoms with Crippen LogP contribution in [0.25, 0.3) is 0 Å². The van der Waals surface area contributed by atoms with E-state index in [0.717, 1.165) is 44.9 Å². The molecule has 132 valence electrons. The second kappa shape index (κ2) is 8.16. The molecule has 23 heavy (non-hydrogen) atoms. The summed E-state index contributed by atoms with van der Waals surface area (Å²) in [6.07, 6.45) is 10.8. The lowest BCUT2D eigenvalue weighted by Gasteiger charge is -2.34. The molecule has 0 bridgehead atoms. The van der Waals surface area contributed by atoms with Crippen LogP contribution < -0.4 is 5.32 Å². The predicted molar refractivity (Wildman–Crippen MR) is 91.1 cm³/mol. The van der Waals surface area contributed by atoms with E-state index in [1.165, 1.54) is 12.8 Å². The molecule has 2 aliphatic rings. The van der Waals surface area contributed by atoms with Gasteiger partial charge in [-0.1, -0.05) is 39.5 Å². The van der Waals surface area contributed by atoms with Gasteiger partial charge in [0.25, 0.3) is 0 Å². The largest absolute Gasteiger partial charge is 0.481 e. The fraction of sp³-hybridized carbons (Fsp3) is 0.895. The second-order valence-electron chi connectivity index (χ2n) is 7.95. The lowest BCUT2D eigenvalue weighted by Crippen LogP contribution is -2.46. The summed E-state index contributed by atoms with van der Waals surface area (Å²) in [6, 6.07) is 0.178. The van der Waals surface area contributed by atoms with E-state index in [0.29, 0.717) is 18.8 Å². The number of rotatable bonds is 7. The first-order chi connectivity index (χ1) is 11.0. The fourth-order valence-electron chi connectivity index (χ4n) is 4.66. The zero-order valence-electron chi connectivity index (χ0n) is 14.8. The molecule has 0 aromatic rings. The predicted octanol–water partition coefficient (Wildman–Crippen LogP) is 4.13. The summed E-state index contributed by atoms with van der Waals surface area (Å²) in [6.45, 7) is 4.48. The highest BCUT2D eigenvalue weighted by Gasteiger charge is 2.42. The third kappa shape index (κ3) is 4.71. The Morgan fingerprint density at radius 2 is 1.78 bits per heavy atom. The zero-order chi connectivity index (χ0) is 16.9. The average Bonchev–Trinajstić information content (AvgIpc) is 2.97. The third-order valence-electron chi connectivity index (χ3n) is 5.97. The molecule has 1 amide bonds. The summed E-state index contributed by atoms with van der Waals surface area (Å²) in [4.78, 5) is 24.0. The van der Waals surface area contributed by atoms with E-state index in [-0.39, 0.29) is 23.3 Å². The van der Waals surface area contributed by atoms with Gasteiger partial charge in [0.1, 0.15) is 0 Å². The Bertz CT molecular complexity index is 407. The van der Waals surface area contributed by atoms with Crippen molar-refractivity contribution in [2.24, 2.45) is 17.3 Å². The number of carbonyl (C=O) groups is 2. The highest BCUT2D eigenvalue weighted by Crippen LogP contribution is 2.44. The van der Waals surface area contributed by atoms with Crippen molar-refractivity contribution < 1.29 is 14.7 Å². The molecule has 0 aromatic carbocycles. The van der Waals surface area contributed by atoms with Gasteiger partial charge in [-0.3, -0.25) is 9.59 Å². The Hall–Kier alpha value is -1.06. The molecule has 2 fully saturated rings. The van der Waals surface area contributed by atoms with E-state index in [4.69, 9.17) is 5.11 Å². The molecule has 2 saturated carbocycles. The molecule has 0 spiro atoms. The molecular formula is C19H33NO3. The van der Waals surface area contributed by atoms with Gasteiger partial charge in [-0.15, -0.1) is 0 Å². The Morgan fingerprint density at radius 3 is 2.30 bits per heavy atom. The van der Waals surface area contributed by atoms with Gasteiger partial charge in [-0.05, 0) is 50.9 Å². The molecule has 0 radical (unpaired) electrons. The highest BCUT2D eigenvalue weighted by atomic mass is 16.4. The van der Waals surface area contributed by atoms with Crippen LogP contribution in [-0.2, 0) is 9.59 Å². The average molecular weight is 323 g/mol. The van der Waals surface area contributed by atoms with Gasteiger partial charge in [0, 0.05) is 11.5 Å². The number of aliphatic carboxylic acids is 1. The Morgan fingerprint density at radius 1 is 1.17 bits per heavy atom. The van der Waals surface area contributed by atoms with Crippen LogP contribution in [0.15, 0.2) is 0 Å². The molecule has 1 unspecified atom stereocenters. The van der Waals surface area contributed by atoms with Crippen LogP contribution in [0.5, 0.6) is 0 Å². The van der Waals surface area contributed by atoms with Crippen molar-refractivity contribution >= 4 is 11.9 Å². The highest BCUT2D eigenvalue weighted by molar-refractivity contribution is 5.83. The van der Waals surface area contributed by atoms with Gasteiger partial charge >= 0.3 is 5.97 Å². The number of hydrogen-bond acceptors (Lipinski definition) is 2. The van der Waals surface area contributed by atoms with E-state index in [1.807, 2.05) is 0 Å². The van der Waals surface area contributed by atoms with Crippen LogP contribution in [0.2, 0.25) is 0 Å². The molecule has 2 N–H and O–H groups in total. The number of hydrogen-bond donors (Lipinski definition) is 2. The van der Waals surface area contributed by atoms with Crippen LogP contribution in [-0.4, -0.2) is 23.0 Å². The minimum absolute atomic E-state index is 0.155. The maximum atomic E-state index is 13.0. The third-order valence-corrected chi connectivity index (χ3v) is 5.97. The molecule has 1 atom stereocenters. The SMILES string of the molecule is CCCC(C)CC1(C(=O)NC2CCC(C(=O)O)CC2)CCCC1. The van der Waals surface area contributed by atoms with Gasteiger partial charge in [-0.25, -0.2) is 0 Å².